The molecule has 1 atom stereocenters. The van der Waals surface area contributed by atoms with E-state index >= 15 is 0 Å². The molecule has 5 heteroatoms. The molecule has 0 saturated heterocycles. The normalized spacial score (nSPS) is 25.4. The highest BCUT2D eigenvalue weighted by Gasteiger charge is 2.41. The third kappa shape index (κ3) is 2.55. The second-order valence-corrected chi connectivity index (χ2v) is 6.52. The third-order valence-corrected chi connectivity index (χ3v) is 4.45. The first-order valence-corrected chi connectivity index (χ1v) is 6.73. The molecule has 0 radical (unpaired) electrons. The summed E-state index contributed by atoms with van der Waals surface area (Å²) < 4.78 is 32.0. The first kappa shape index (κ1) is 11.7. The third-order valence-electron chi connectivity index (χ3n) is 2.97. The van der Waals surface area contributed by atoms with E-state index in [-0.39, 0.29) is 17.5 Å². The highest BCUT2D eigenvalue weighted by atomic mass is 79.9. The Balaban J connectivity index is 2.36. The van der Waals surface area contributed by atoms with Crippen molar-refractivity contribution >= 4 is 33.5 Å². The maximum Gasteiger partial charge on any atom is 0.285 e. The van der Waals surface area contributed by atoms with Crippen LogP contribution in [0, 0.1) is 0 Å². The number of ketones is 1. The van der Waals surface area contributed by atoms with E-state index in [1.54, 1.807) is 12.1 Å². The van der Waals surface area contributed by atoms with Gasteiger partial charge in [-0.15, -0.1) is 0 Å². The lowest BCUT2D eigenvalue weighted by Crippen LogP contribution is -2.37. The molecule has 1 unspecified atom stereocenters. The molecule has 0 spiro atoms. The van der Waals surface area contributed by atoms with Gasteiger partial charge in [0.1, 0.15) is 1.37 Å². The number of aryl methyl sites for hydroxylation is 1. The smallest absolute Gasteiger partial charge is 0.285 e. The van der Waals surface area contributed by atoms with E-state index in [0.29, 0.717) is 18.4 Å². The van der Waals surface area contributed by atoms with Crippen molar-refractivity contribution < 1.29 is 14.9 Å². The van der Waals surface area contributed by atoms with Crippen LogP contribution in [-0.4, -0.2) is 16.3 Å². The monoisotopic (exact) mass is 321 g/mol. The maximum atomic E-state index is 12.8. The Kier molecular flexibility index (Phi) is 3.21. The minimum absolute atomic E-state index is 0.128. The van der Waals surface area contributed by atoms with Gasteiger partial charge in [0, 0.05) is 10.0 Å². The summed E-state index contributed by atoms with van der Waals surface area (Å²) in [6.07, 6.45) is 0.897. The number of benzene rings is 1. The molecular formula is C12H11BrF2OS. The first-order valence-electron chi connectivity index (χ1n) is 5.62. The Bertz CT molecular complexity index is 503. The highest BCUT2D eigenvalue weighted by Crippen LogP contribution is 2.41. The van der Waals surface area contributed by atoms with Gasteiger partial charge in [-0.05, 0) is 43.5 Å². The number of thioether (sulfide) groups is 1. The zero-order chi connectivity index (χ0) is 13.6. The topological polar surface area (TPSA) is 17.1 Å². The number of rotatable bonds is 2. The van der Waals surface area contributed by atoms with E-state index in [1.165, 1.54) is 6.92 Å². The second-order valence-electron chi connectivity index (χ2n) is 4.19. The minimum Gasteiger partial charge on any atom is -0.293 e. The molecule has 1 aromatic carbocycles. The largest absolute Gasteiger partial charge is 0.293 e. The molecule has 17 heavy (non-hydrogen) atoms. The van der Waals surface area contributed by atoms with Crippen LogP contribution >= 0.6 is 27.7 Å². The van der Waals surface area contributed by atoms with Crippen molar-refractivity contribution in [3.8, 4) is 0 Å². The lowest BCUT2D eigenvalue weighted by Gasteiger charge is -2.32. The van der Waals surface area contributed by atoms with Gasteiger partial charge in [0.15, 0.2) is 5.78 Å². The van der Waals surface area contributed by atoms with Gasteiger partial charge in [0.25, 0.3) is 5.73 Å². The van der Waals surface area contributed by atoms with E-state index in [2.05, 4.69) is 15.9 Å². The number of fused-ring (bicyclic) bond motifs is 1. The summed E-state index contributed by atoms with van der Waals surface area (Å²) in [5.41, 5.74) is -2.28. The number of hydrogen-bond acceptors (Lipinski definition) is 2. The SMILES string of the molecule is [2H]C(F)(F)SC1(C)CCc2cc(Br)ccc2C1=O. The molecule has 1 nitrogen and oxygen atoms in total. The number of Topliss-reactive ketones (excluding diaryl/α,β-unsaturated/α-hetero) is 1. The molecule has 0 fully saturated rings. The molecule has 0 amide bonds. The molecule has 1 aromatic rings. The zero-order valence-electron chi connectivity index (χ0n) is 10.1. The van der Waals surface area contributed by atoms with Crippen molar-refractivity contribution in [1.29, 1.82) is 0 Å². The van der Waals surface area contributed by atoms with Gasteiger partial charge >= 0.3 is 0 Å². The molecule has 1 aliphatic rings. The Morgan fingerprint density at radius 2 is 2.29 bits per heavy atom. The van der Waals surface area contributed by atoms with Crippen molar-refractivity contribution in [2.24, 2.45) is 0 Å². The van der Waals surface area contributed by atoms with E-state index in [0.717, 1.165) is 10.0 Å². The van der Waals surface area contributed by atoms with Gasteiger partial charge in [0.2, 0.25) is 0 Å². The van der Waals surface area contributed by atoms with Crippen molar-refractivity contribution in [2.75, 3.05) is 0 Å². The van der Waals surface area contributed by atoms with Gasteiger partial charge in [-0.1, -0.05) is 27.7 Å². The van der Waals surface area contributed by atoms with Crippen molar-refractivity contribution in [1.82, 2.24) is 0 Å². The Morgan fingerprint density at radius 1 is 1.59 bits per heavy atom. The summed E-state index contributed by atoms with van der Waals surface area (Å²) in [5, 5.41) is 0. The predicted molar refractivity (Wildman–Crippen MR) is 68.8 cm³/mol. The van der Waals surface area contributed by atoms with E-state index in [4.69, 9.17) is 1.37 Å². The predicted octanol–water partition coefficient (Wildman–Crippen LogP) is 4.29. The quantitative estimate of drug-likeness (QED) is 0.808. The van der Waals surface area contributed by atoms with Crippen LogP contribution in [0.4, 0.5) is 8.78 Å². The molecule has 1 aliphatic carbocycles. The van der Waals surface area contributed by atoms with E-state index < -0.39 is 10.5 Å². The average molecular weight is 322 g/mol. The Morgan fingerprint density at radius 3 is 2.94 bits per heavy atom. The molecule has 0 aromatic heterocycles. The number of carbonyl (C=O) groups is 1. The van der Waals surface area contributed by atoms with Gasteiger partial charge < -0.3 is 0 Å². The summed E-state index contributed by atoms with van der Waals surface area (Å²) >= 11 is 3.45. The van der Waals surface area contributed by atoms with Crippen LogP contribution < -0.4 is 0 Å². The summed E-state index contributed by atoms with van der Waals surface area (Å²) in [7, 11) is 0. The summed E-state index contributed by atoms with van der Waals surface area (Å²) in [6.45, 7) is 1.49. The molecule has 92 valence electrons. The van der Waals surface area contributed by atoms with Crippen LogP contribution in [0.15, 0.2) is 22.7 Å². The fourth-order valence-corrected chi connectivity index (χ4v) is 3.19. The number of carbonyl (C=O) groups excluding carboxylic acids is 1. The standard InChI is InChI=1S/C12H11BrF2OS/c1-12(17-11(14)15)5-4-7-6-8(13)2-3-9(7)10(12)16/h2-3,6,11H,4-5H2,1H3/i11D. The summed E-state index contributed by atoms with van der Waals surface area (Å²) in [6, 6.07) is 5.23. The fraction of sp³-hybridized carbons (Fsp3) is 0.417. The molecule has 2 rings (SSSR count). The van der Waals surface area contributed by atoms with Crippen molar-refractivity contribution in [2.45, 2.75) is 30.2 Å². The van der Waals surface area contributed by atoms with Gasteiger partial charge in [-0.2, -0.15) is 8.78 Å². The lowest BCUT2D eigenvalue weighted by atomic mass is 9.83. The summed E-state index contributed by atoms with van der Waals surface area (Å²) in [4.78, 5) is 12.3. The van der Waals surface area contributed by atoms with Gasteiger partial charge in [-0.3, -0.25) is 4.79 Å². The molecule has 0 N–H and O–H groups in total. The first-order chi connectivity index (χ1) is 8.21. The van der Waals surface area contributed by atoms with Crippen LogP contribution in [0.2, 0.25) is 0 Å². The average Bonchev–Trinajstić information content (AvgIpc) is 2.22. The van der Waals surface area contributed by atoms with Crippen LogP contribution in [0.1, 0.15) is 30.6 Å². The van der Waals surface area contributed by atoms with Crippen molar-refractivity contribution in [3.05, 3.63) is 33.8 Å². The number of halogens is 3. The number of hydrogen-bond donors (Lipinski definition) is 0. The van der Waals surface area contributed by atoms with Crippen LogP contribution in [0.3, 0.4) is 0 Å². The van der Waals surface area contributed by atoms with E-state index in [9.17, 15) is 13.6 Å². The molecule has 0 saturated carbocycles. The number of alkyl halides is 2. The van der Waals surface area contributed by atoms with Crippen LogP contribution in [0.5, 0.6) is 0 Å². The fourth-order valence-electron chi connectivity index (χ4n) is 2.03. The van der Waals surface area contributed by atoms with Crippen molar-refractivity contribution in [3.63, 3.8) is 0 Å². The van der Waals surface area contributed by atoms with Crippen LogP contribution in [-0.2, 0) is 6.42 Å². The molecule has 0 aliphatic heterocycles. The molecular weight excluding hydrogens is 310 g/mol. The highest BCUT2D eigenvalue weighted by molar-refractivity contribution is 9.10. The Labute approximate surface area is 113 Å². The minimum atomic E-state index is -3.64. The van der Waals surface area contributed by atoms with Gasteiger partial charge in [0.05, 0.1) is 4.75 Å². The summed E-state index contributed by atoms with van der Waals surface area (Å²) in [5.74, 6) is -0.312. The maximum absolute atomic E-state index is 12.8. The Hall–Kier alpha value is -0.420. The van der Waals surface area contributed by atoms with Crippen LogP contribution in [0.25, 0.3) is 0 Å². The lowest BCUT2D eigenvalue weighted by molar-refractivity contribution is 0.0932. The molecule has 0 bridgehead atoms. The zero-order valence-corrected chi connectivity index (χ0v) is 11.5. The van der Waals surface area contributed by atoms with Gasteiger partial charge in [-0.25, -0.2) is 0 Å². The second kappa shape index (κ2) is 4.69. The van der Waals surface area contributed by atoms with E-state index in [1.807, 2.05) is 6.07 Å². The molecule has 0 heterocycles.